The molecule has 0 unspecified atom stereocenters. The summed E-state index contributed by atoms with van der Waals surface area (Å²) in [5.41, 5.74) is 7.57. The number of hydrogen-bond acceptors (Lipinski definition) is 2. The number of nitrogens with zero attached hydrogens (tertiary/aromatic N) is 1. The van der Waals surface area contributed by atoms with Gasteiger partial charge in [-0.25, -0.2) is 0 Å². The molecule has 0 aliphatic carbocycles. The standard InChI is InChI=1S/C42H27NO/c1-2-11-31-25-33(22-21-28(31)9-1)43(34-23-24-42-39(27-34)37-15-5-6-18-41(37)44-42)40-17-8-13-30-19-20-32(26-38(30)40)36-16-7-12-29-10-3-4-14-35(29)36/h1-27H. The van der Waals surface area contributed by atoms with E-state index < -0.39 is 0 Å². The van der Waals surface area contributed by atoms with Gasteiger partial charge >= 0.3 is 0 Å². The Hall–Kier alpha value is -5.86. The van der Waals surface area contributed by atoms with Gasteiger partial charge in [-0.05, 0) is 86.6 Å². The smallest absolute Gasteiger partial charge is 0.135 e. The number of hydrogen-bond donors (Lipinski definition) is 0. The molecule has 0 saturated heterocycles. The number of para-hydroxylation sites is 1. The molecule has 0 bridgehead atoms. The highest BCUT2D eigenvalue weighted by Gasteiger charge is 2.18. The highest BCUT2D eigenvalue weighted by molar-refractivity contribution is 6.08. The number of fused-ring (bicyclic) bond motifs is 6. The maximum Gasteiger partial charge on any atom is 0.135 e. The molecule has 2 nitrogen and oxygen atoms in total. The van der Waals surface area contributed by atoms with Crippen LogP contribution in [0.1, 0.15) is 0 Å². The Morgan fingerprint density at radius 3 is 1.91 bits per heavy atom. The maximum atomic E-state index is 6.21. The van der Waals surface area contributed by atoms with Gasteiger partial charge in [-0.15, -0.1) is 0 Å². The van der Waals surface area contributed by atoms with E-state index >= 15 is 0 Å². The van der Waals surface area contributed by atoms with Gasteiger partial charge in [0.15, 0.2) is 0 Å². The average molecular weight is 562 g/mol. The van der Waals surface area contributed by atoms with Crippen LogP contribution in [0, 0.1) is 0 Å². The van der Waals surface area contributed by atoms with Gasteiger partial charge in [0.25, 0.3) is 0 Å². The summed E-state index contributed by atoms with van der Waals surface area (Å²) in [6, 6.07) is 58.8. The molecule has 8 aromatic carbocycles. The van der Waals surface area contributed by atoms with Crippen molar-refractivity contribution in [2.45, 2.75) is 0 Å². The van der Waals surface area contributed by atoms with E-state index in [1.807, 2.05) is 12.1 Å². The van der Waals surface area contributed by atoms with Crippen molar-refractivity contribution in [2.75, 3.05) is 4.90 Å². The van der Waals surface area contributed by atoms with Crippen molar-refractivity contribution >= 4 is 71.3 Å². The molecule has 0 amide bonds. The van der Waals surface area contributed by atoms with Gasteiger partial charge < -0.3 is 9.32 Å². The lowest BCUT2D eigenvalue weighted by molar-refractivity contribution is 0.669. The summed E-state index contributed by atoms with van der Waals surface area (Å²) in [6.45, 7) is 0. The summed E-state index contributed by atoms with van der Waals surface area (Å²) >= 11 is 0. The third-order valence-electron chi connectivity index (χ3n) is 8.81. The zero-order valence-electron chi connectivity index (χ0n) is 23.9. The second-order valence-corrected chi connectivity index (χ2v) is 11.4. The number of rotatable bonds is 4. The van der Waals surface area contributed by atoms with Crippen molar-refractivity contribution in [2.24, 2.45) is 0 Å². The Kier molecular flexibility index (Phi) is 5.54. The van der Waals surface area contributed by atoms with E-state index in [0.29, 0.717) is 0 Å². The van der Waals surface area contributed by atoms with E-state index in [2.05, 4.69) is 157 Å². The normalized spacial score (nSPS) is 11.6. The average Bonchev–Trinajstić information content (AvgIpc) is 3.46. The van der Waals surface area contributed by atoms with Gasteiger partial charge in [0.1, 0.15) is 11.2 Å². The van der Waals surface area contributed by atoms with Crippen molar-refractivity contribution in [1.82, 2.24) is 0 Å². The predicted octanol–water partition coefficient (Wildman–Crippen LogP) is 12.2. The van der Waals surface area contributed by atoms with Crippen LogP contribution in [0.2, 0.25) is 0 Å². The minimum Gasteiger partial charge on any atom is -0.456 e. The molecule has 0 fully saturated rings. The first-order chi connectivity index (χ1) is 21.8. The van der Waals surface area contributed by atoms with Crippen molar-refractivity contribution in [3.63, 3.8) is 0 Å². The van der Waals surface area contributed by atoms with Crippen LogP contribution in [-0.4, -0.2) is 0 Å². The molecule has 0 radical (unpaired) electrons. The van der Waals surface area contributed by atoms with Gasteiger partial charge in [0.2, 0.25) is 0 Å². The quantitative estimate of drug-likeness (QED) is 0.212. The molecule has 44 heavy (non-hydrogen) atoms. The molecule has 0 atom stereocenters. The minimum absolute atomic E-state index is 0.893. The largest absolute Gasteiger partial charge is 0.456 e. The second-order valence-electron chi connectivity index (χ2n) is 11.4. The molecule has 1 heterocycles. The summed E-state index contributed by atoms with van der Waals surface area (Å²) in [6.07, 6.45) is 0. The van der Waals surface area contributed by atoms with Crippen LogP contribution in [0.25, 0.3) is 65.4 Å². The molecule has 9 rings (SSSR count). The highest BCUT2D eigenvalue weighted by atomic mass is 16.3. The van der Waals surface area contributed by atoms with E-state index in [4.69, 9.17) is 4.42 Å². The third kappa shape index (κ3) is 3.96. The third-order valence-corrected chi connectivity index (χ3v) is 8.81. The maximum absolute atomic E-state index is 6.21. The molecule has 2 heteroatoms. The summed E-state index contributed by atoms with van der Waals surface area (Å²) in [4.78, 5) is 2.39. The van der Waals surface area contributed by atoms with Gasteiger partial charge in [0, 0.05) is 27.5 Å². The van der Waals surface area contributed by atoms with E-state index in [9.17, 15) is 0 Å². The monoisotopic (exact) mass is 561 g/mol. The fourth-order valence-electron chi connectivity index (χ4n) is 6.69. The summed E-state index contributed by atoms with van der Waals surface area (Å²) in [5.74, 6) is 0. The zero-order chi connectivity index (χ0) is 29.0. The fraction of sp³-hybridized carbons (Fsp3) is 0. The molecule has 0 saturated carbocycles. The van der Waals surface area contributed by atoms with Crippen molar-refractivity contribution < 1.29 is 4.42 Å². The molecule has 0 aliphatic rings. The zero-order valence-corrected chi connectivity index (χ0v) is 23.9. The molecule has 0 spiro atoms. The lowest BCUT2D eigenvalue weighted by atomic mass is 9.95. The Morgan fingerprint density at radius 1 is 0.364 bits per heavy atom. The Morgan fingerprint density at radius 2 is 1.00 bits per heavy atom. The van der Waals surface area contributed by atoms with Crippen LogP contribution in [-0.2, 0) is 0 Å². The molecule has 0 aliphatic heterocycles. The van der Waals surface area contributed by atoms with E-state index in [0.717, 1.165) is 39.0 Å². The Balaban J connectivity index is 1.31. The van der Waals surface area contributed by atoms with Crippen molar-refractivity contribution in [3.8, 4) is 11.1 Å². The lowest BCUT2D eigenvalue weighted by Crippen LogP contribution is -2.10. The van der Waals surface area contributed by atoms with Crippen LogP contribution < -0.4 is 4.90 Å². The summed E-state index contributed by atoms with van der Waals surface area (Å²) < 4.78 is 6.21. The van der Waals surface area contributed by atoms with Crippen molar-refractivity contribution in [1.29, 1.82) is 0 Å². The fourth-order valence-corrected chi connectivity index (χ4v) is 6.69. The number of benzene rings is 8. The van der Waals surface area contributed by atoms with Crippen molar-refractivity contribution in [3.05, 3.63) is 164 Å². The molecule has 9 aromatic rings. The molecule has 0 N–H and O–H groups in total. The van der Waals surface area contributed by atoms with Crippen LogP contribution in [0.4, 0.5) is 17.1 Å². The Bertz CT molecular complexity index is 2520. The van der Waals surface area contributed by atoms with E-state index in [1.54, 1.807) is 0 Å². The molecular weight excluding hydrogens is 534 g/mol. The van der Waals surface area contributed by atoms with E-state index in [1.165, 1.54) is 43.4 Å². The molecule has 1 aromatic heterocycles. The first-order valence-corrected chi connectivity index (χ1v) is 15.0. The Labute approximate surface area is 255 Å². The molecular formula is C42H27NO. The minimum atomic E-state index is 0.893. The van der Waals surface area contributed by atoms with Gasteiger partial charge in [-0.1, -0.05) is 115 Å². The lowest BCUT2D eigenvalue weighted by Gasteiger charge is -2.27. The van der Waals surface area contributed by atoms with Crippen LogP contribution in [0.3, 0.4) is 0 Å². The first-order valence-electron chi connectivity index (χ1n) is 15.0. The van der Waals surface area contributed by atoms with Gasteiger partial charge in [-0.3, -0.25) is 0 Å². The van der Waals surface area contributed by atoms with Gasteiger partial charge in [0.05, 0.1) is 5.69 Å². The topological polar surface area (TPSA) is 16.4 Å². The SMILES string of the molecule is c1ccc2cc(N(c3ccc4oc5ccccc5c4c3)c3cccc4ccc(-c5cccc6ccccc56)cc34)ccc2c1. The first kappa shape index (κ1) is 24.7. The number of anilines is 3. The second kappa shape index (κ2) is 9.86. The van der Waals surface area contributed by atoms with Gasteiger partial charge in [-0.2, -0.15) is 0 Å². The van der Waals surface area contributed by atoms with Crippen LogP contribution in [0.15, 0.2) is 168 Å². The predicted molar refractivity (Wildman–Crippen MR) is 186 cm³/mol. The van der Waals surface area contributed by atoms with Crippen LogP contribution in [0.5, 0.6) is 0 Å². The summed E-state index contributed by atoms with van der Waals surface area (Å²) in [7, 11) is 0. The number of furan rings is 1. The van der Waals surface area contributed by atoms with Crippen LogP contribution >= 0.6 is 0 Å². The molecule has 206 valence electrons. The highest BCUT2D eigenvalue weighted by Crippen LogP contribution is 2.43. The summed E-state index contributed by atoms with van der Waals surface area (Å²) in [5, 5.41) is 9.58. The van der Waals surface area contributed by atoms with E-state index in [-0.39, 0.29) is 0 Å².